The number of aryl methyl sites for hydroxylation is 1. The maximum Gasteiger partial charge on any atom is 0.110 e. The number of nitrogens with zero attached hydrogens (tertiary/aromatic N) is 2. The molecule has 2 heterocycles. The van der Waals surface area contributed by atoms with Crippen LogP contribution in [0.15, 0.2) is 6.20 Å². The third kappa shape index (κ3) is 3.56. The molecule has 1 aliphatic rings. The average molecular weight is 281 g/mol. The van der Waals surface area contributed by atoms with Gasteiger partial charge in [-0.2, -0.15) is 0 Å². The van der Waals surface area contributed by atoms with Gasteiger partial charge in [0.25, 0.3) is 0 Å². The molecule has 4 heteroatoms. The van der Waals surface area contributed by atoms with Crippen LogP contribution < -0.4 is 5.32 Å². The van der Waals surface area contributed by atoms with Crippen LogP contribution in [0.2, 0.25) is 0 Å². The molecule has 108 valence electrons. The van der Waals surface area contributed by atoms with E-state index in [0.29, 0.717) is 18.1 Å². The summed E-state index contributed by atoms with van der Waals surface area (Å²) in [5.41, 5.74) is 0. The van der Waals surface area contributed by atoms with Crippen molar-refractivity contribution in [1.29, 1.82) is 0 Å². The van der Waals surface area contributed by atoms with Crippen LogP contribution in [-0.4, -0.2) is 35.1 Å². The summed E-state index contributed by atoms with van der Waals surface area (Å²) in [5.74, 6) is 0. The molecule has 3 nitrogen and oxygen atoms in total. The second kappa shape index (κ2) is 6.82. The summed E-state index contributed by atoms with van der Waals surface area (Å²) < 4.78 is 0. The van der Waals surface area contributed by atoms with Crippen molar-refractivity contribution < 1.29 is 0 Å². The molecule has 3 atom stereocenters. The quantitative estimate of drug-likeness (QED) is 0.897. The van der Waals surface area contributed by atoms with E-state index in [1.54, 1.807) is 0 Å². The lowest BCUT2D eigenvalue weighted by Crippen LogP contribution is -2.56. The van der Waals surface area contributed by atoms with Crippen LogP contribution >= 0.6 is 11.3 Å². The van der Waals surface area contributed by atoms with Gasteiger partial charge in [-0.1, -0.05) is 20.3 Å². The van der Waals surface area contributed by atoms with Gasteiger partial charge in [-0.15, -0.1) is 11.3 Å². The molecule has 1 fully saturated rings. The molecule has 1 aromatic heterocycles. The van der Waals surface area contributed by atoms with E-state index in [0.717, 1.165) is 13.1 Å². The van der Waals surface area contributed by atoms with Crippen LogP contribution in [0.25, 0.3) is 0 Å². The van der Waals surface area contributed by atoms with Crippen LogP contribution in [0.1, 0.15) is 56.0 Å². The molecular formula is C15H27N3S. The van der Waals surface area contributed by atoms with Gasteiger partial charge >= 0.3 is 0 Å². The van der Waals surface area contributed by atoms with Crippen molar-refractivity contribution in [2.45, 2.75) is 65.1 Å². The minimum absolute atomic E-state index is 0.449. The summed E-state index contributed by atoms with van der Waals surface area (Å²) in [5, 5.41) is 4.98. The first-order valence-corrected chi connectivity index (χ1v) is 8.38. The zero-order valence-corrected chi connectivity index (χ0v) is 13.5. The summed E-state index contributed by atoms with van der Waals surface area (Å²) in [4.78, 5) is 8.56. The van der Waals surface area contributed by atoms with Crippen LogP contribution in [-0.2, 0) is 0 Å². The first-order valence-electron chi connectivity index (χ1n) is 7.57. The normalized spacial score (nSPS) is 26.5. The van der Waals surface area contributed by atoms with E-state index < -0.39 is 0 Å². The molecule has 1 saturated heterocycles. The number of nitrogens with one attached hydrogen (secondary N) is 1. The smallest absolute Gasteiger partial charge is 0.110 e. The average Bonchev–Trinajstić information content (AvgIpc) is 2.85. The van der Waals surface area contributed by atoms with Crippen LogP contribution in [0.5, 0.6) is 0 Å². The van der Waals surface area contributed by atoms with E-state index in [-0.39, 0.29) is 0 Å². The summed E-state index contributed by atoms with van der Waals surface area (Å²) in [6.45, 7) is 11.3. The Balaban J connectivity index is 2.08. The molecule has 0 aliphatic carbocycles. The van der Waals surface area contributed by atoms with Gasteiger partial charge in [0, 0.05) is 36.2 Å². The van der Waals surface area contributed by atoms with E-state index in [1.807, 2.05) is 17.5 Å². The number of hydrogen-bond donors (Lipinski definition) is 1. The zero-order chi connectivity index (χ0) is 13.8. The SMILES string of the molecule is CCCC1CN(C(C)c2ncc(C)s2)C(CC)CN1. The lowest BCUT2D eigenvalue weighted by Gasteiger charge is -2.43. The number of thiazole rings is 1. The van der Waals surface area contributed by atoms with Gasteiger partial charge in [-0.25, -0.2) is 4.98 Å². The van der Waals surface area contributed by atoms with Gasteiger partial charge in [0.1, 0.15) is 5.01 Å². The monoisotopic (exact) mass is 281 g/mol. The van der Waals surface area contributed by atoms with Gasteiger partial charge in [-0.3, -0.25) is 4.90 Å². The highest BCUT2D eigenvalue weighted by atomic mass is 32.1. The second-order valence-electron chi connectivity index (χ2n) is 5.64. The van der Waals surface area contributed by atoms with E-state index in [9.17, 15) is 0 Å². The Morgan fingerprint density at radius 1 is 1.53 bits per heavy atom. The highest BCUT2D eigenvalue weighted by Gasteiger charge is 2.31. The van der Waals surface area contributed by atoms with Crippen LogP contribution in [0.3, 0.4) is 0 Å². The Morgan fingerprint density at radius 3 is 2.89 bits per heavy atom. The first kappa shape index (κ1) is 14.9. The fourth-order valence-electron chi connectivity index (χ4n) is 2.99. The molecule has 1 aromatic rings. The van der Waals surface area contributed by atoms with Crippen molar-refractivity contribution in [2.75, 3.05) is 13.1 Å². The Labute approximate surface area is 121 Å². The Bertz CT molecular complexity index is 390. The molecule has 1 aliphatic heterocycles. The maximum atomic E-state index is 4.59. The maximum absolute atomic E-state index is 4.59. The predicted octanol–water partition coefficient (Wildman–Crippen LogP) is 3.37. The van der Waals surface area contributed by atoms with Crippen molar-refractivity contribution in [3.8, 4) is 0 Å². The Hall–Kier alpha value is -0.450. The molecule has 1 N–H and O–H groups in total. The molecule has 0 amide bonds. The molecular weight excluding hydrogens is 254 g/mol. The van der Waals surface area contributed by atoms with E-state index in [2.05, 4.69) is 42.9 Å². The van der Waals surface area contributed by atoms with Crippen LogP contribution in [0, 0.1) is 6.92 Å². The third-order valence-electron chi connectivity index (χ3n) is 4.14. The Morgan fingerprint density at radius 2 is 2.32 bits per heavy atom. The van der Waals surface area contributed by atoms with Crippen molar-refractivity contribution in [3.63, 3.8) is 0 Å². The largest absolute Gasteiger partial charge is 0.311 e. The molecule has 3 unspecified atom stereocenters. The van der Waals surface area contributed by atoms with Gasteiger partial charge in [0.05, 0.1) is 6.04 Å². The molecule has 0 aromatic carbocycles. The van der Waals surface area contributed by atoms with Gasteiger partial charge in [0.2, 0.25) is 0 Å². The topological polar surface area (TPSA) is 28.2 Å². The first-order chi connectivity index (χ1) is 9.15. The van der Waals surface area contributed by atoms with Gasteiger partial charge in [0.15, 0.2) is 0 Å². The highest BCUT2D eigenvalue weighted by Crippen LogP contribution is 2.29. The summed E-state index contributed by atoms with van der Waals surface area (Å²) in [7, 11) is 0. The molecule has 0 radical (unpaired) electrons. The number of hydrogen-bond acceptors (Lipinski definition) is 4. The fraction of sp³-hybridized carbons (Fsp3) is 0.800. The highest BCUT2D eigenvalue weighted by molar-refractivity contribution is 7.11. The summed E-state index contributed by atoms with van der Waals surface area (Å²) in [6.07, 6.45) is 5.74. The summed E-state index contributed by atoms with van der Waals surface area (Å²) in [6, 6.07) is 1.74. The number of aromatic nitrogens is 1. The number of rotatable bonds is 5. The van der Waals surface area contributed by atoms with E-state index in [4.69, 9.17) is 0 Å². The van der Waals surface area contributed by atoms with Crippen molar-refractivity contribution in [2.24, 2.45) is 0 Å². The molecule has 0 bridgehead atoms. The fourth-order valence-corrected chi connectivity index (χ4v) is 3.84. The van der Waals surface area contributed by atoms with E-state index in [1.165, 1.54) is 29.1 Å². The van der Waals surface area contributed by atoms with Gasteiger partial charge < -0.3 is 5.32 Å². The van der Waals surface area contributed by atoms with Crippen molar-refractivity contribution >= 4 is 11.3 Å². The van der Waals surface area contributed by atoms with Gasteiger partial charge in [-0.05, 0) is 26.7 Å². The lowest BCUT2D eigenvalue weighted by molar-refractivity contribution is 0.0834. The molecule has 0 saturated carbocycles. The minimum Gasteiger partial charge on any atom is -0.311 e. The predicted molar refractivity (Wildman–Crippen MR) is 82.7 cm³/mol. The van der Waals surface area contributed by atoms with Crippen molar-refractivity contribution in [3.05, 3.63) is 16.1 Å². The van der Waals surface area contributed by atoms with E-state index >= 15 is 0 Å². The summed E-state index contributed by atoms with van der Waals surface area (Å²) >= 11 is 1.84. The van der Waals surface area contributed by atoms with Crippen LogP contribution in [0.4, 0.5) is 0 Å². The standard InChI is InChI=1S/C15H27N3S/c1-5-7-13-10-18(14(6-2)9-16-13)12(4)15-17-8-11(3)19-15/h8,12-14,16H,5-7,9-10H2,1-4H3. The number of piperazine rings is 1. The Kier molecular flexibility index (Phi) is 5.37. The van der Waals surface area contributed by atoms with Crippen molar-refractivity contribution in [1.82, 2.24) is 15.2 Å². The molecule has 2 rings (SSSR count). The third-order valence-corrected chi connectivity index (χ3v) is 5.23. The molecule has 19 heavy (non-hydrogen) atoms. The minimum atomic E-state index is 0.449. The second-order valence-corrected chi connectivity index (χ2v) is 6.90. The zero-order valence-electron chi connectivity index (χ0n) is 12.6. The lowest BCUT2D eigenvalue weighted by atomic mass is 10.0. The molecule has 0 spiro atoms.